The molecule has 2 aromatic heterocycles. The molecule has 2 atom stereocenters. The van der Waals surface area contributed by atoms with Crippen LogP contribution in [0.1, 0.15) is 48.8 Å². The van der Waals surface area contributed by atoms with E-state index in [1.807, 2.05) is 35.7 Å². The summed E-state index contributed by atoms with van der Waals surface area (Å²) in [5, 5.41) is 3.61. The lowest BCUT2D eigenvalue weighted by molar-refractivity contribution is 0.00839. The fourth-order valence-corrected chi connectivity index (χ4v) is 4.28. The van der Waals surface area contributed by atoms with Gasteiger partial charge in [0.25, 0.3) is 5.91 Å². The number of rotatable bonds is 1. The summed E-state index contributed by atoms with van der Waals surface area (Å²) >= 11 is 0. The summed E-state index contributed by atoms with van der Waals surface area (Å²) in [6, 6.07) is 6.38. The van der Waals surface area contributed by atoms with E-state index in [-0.39, 0.29) is 11.4 Å². The van der Waals surface area contributed by atoms with Gasteiger partial charge in [0.15, 0.2) is 0 Å². The smallest absolute Gasteiger partial charge is 0.274 e. The van der Waals surface area contributed by atoms with Gasteiger partial charge >= 0.3 is 0 Å². The predicted molar refractivity (Wildman–Crippen MR) is 89.6 cm³/mol. The number of amides is 1. The van der Waals surface area contributed by atoms with Crippen LogP contribution in [-0.2, 0) is 0 Å². The molecular formula is C18H24N4O. The lowest BCUT2D eigenvalue weighted by Gasteiger charge is -2.52. The van der Waals surface area contributed by atoms with Gasteiger partial charge in [0.2, 0.25) is 0 Å². The number of pyridine rings is 1. The van der Waals surface area contributed by atoms with E-state index in [1.165, 1.54) is 0 Å². The van der Waals surface area contributed by atoms with Gasteiger partial charge in [-0.3, -0.25) is 4.79 Å². The molecule has 0 aliphatic carbocycles. The maximum Gasteiger partial charge on any atom is 0.274 e. The second kappa shape index (κ2) is 5.34. The van der Waals surface area contributed by atoms with E-state index in [0.717, 1.165) is 50.1 Å². The fraction of sp³-hybridized carbons (Fsp3) is 0.556. The van der Waals surface area contributed by atoms with Crippen molar-refractivity contribution in [3.63, 3.8) is 0 Å². The van der Waals surface area contributed by atoms with E-state index < -0.39 is 0 Å². The monoisotopic (exact) mass is 312 g/mol. The second-order valence-corrected chi connectivity index (χ2v) is 7.09. The third-order valence-electron chi connectivity index (χ3n) is 5.65. The molecule has 0 saturated carbocycles. The van der Waals surface area contributed by atoms with E-state index in [0.29, 0.717) is 11.7 Å². The summed E-state index contributed by atoms with van der Waals surface area (Å²) < 4.78 is 2.00. The summed E-state index contributed by atoms with van der Waals surface area (Å²) in [4.78, 5) is 19.8. The molecule has 2 fully saturated rings. The zero-order chi connectivity index (χ0) is 16.0. The zero-order valence-electron chi connectivity index (χ0n) is 13.9. The number of hydrogen-bond donors (Lipinski definition) is 1. The Balaban J connectivity index is 1.70. The van der Waals surface area contributed by atoms with Crippen molar-refractivity contribution in [2.75, 3.05) is 13.1 Å². The van der Waals surface area contributed by atoms with Crippen molar-refractivity contribution in [3.8, 4) is 0 Å². The Morgan fingerprint density at radius 1 is 1.39 bits per heavy atom. The van der Waals surface area contributed by atoms with Crippen molar-refractivity contribution in [1.29, 1.82) is 0 Å². The van der Waals surface area contributed by atoms with Crippen LogP contribution in [0.4, 0.5) is 0 Å². The van der Waals surface area contributed by atoms with Gasteiger partial charge in [-0.1, -0.05) is 6.07 Å². The first kappa shape index (κ1) is 14.7. The largest absolute Gasteiger partial charge is 0.330 e. The SMILES string of the molecule is Cc1cccc2nc(C(=O)N3CCC[C@H]4NCCC[C@@]43C)cn12. The molecule has 122 valence electrons. The average molecular weight is 312 g/mol. The highest BCUT2D eigenvalue weighted by Gasteiger charge is 2.46. The van der Waals surface area contributed by atoms with Crippen molar-refractivity contribution in [2.45, 2.75) is 51.1 Å². The van der Waals surface area contributed by atoms with Crippen LogP contribution in [0.3, 0.4) is 0 Å². The maximum absolute atomic E-state index is 13.2. The summed E-state index contributed by atoms with van der Waals surface area (Å²) in [6.07, 6.45) is 6.30. The minimum absolute atomic E-state index is 0.0731. The second-order valence-electron chi connectivity index (χ2n) is 7.09. The van der Waals surface area contributed by atoms with Crippen molar-refractivity contribution in [3.05, 3.63) is 35.8 Å². The van der Waals surface area contributed by atoms with Crippen LogP contribution in [0.25, 0.3) is 5.65 Å². The van der Waals surface area contributed by atoms with Crippen LogP contribution in [0, 0.1) is 6.92 Å². The predicted octanol–water partition coefficient (Wildman–Crippen LogP) is 2.39. The summed E-state index contributed by atoms with van der Waals surface area (Å²) in [7, 11) is 0. The molecule has 2 saturated heterocycles. The Bertz CT molecular complexity index is 751. The van der Waals surface area contributed by atoms with Gasteiger partial charge in [-0.05, 0) is 58.2 Å². The molecule has 2 aliphatic rings. The third-order valence-corrected chi connectivity index (χ3v) is 5.65. The van der Waals surface area contributed by atoms with Gasteiger partial charge in [-0.2, -0.15) is 0 Å². The van der Waals surface area contributed by atoms with E-state index in [2.05, 4.69) is 22.1 Å². The van der Waals surface area contributed by atoms with Crippen molar-refractivity contribution in [2.24, 2.45) is 0 Å². The molecule has 0 spiro atoms. The number of aryl methyl sites for hydroxylation is 1. The first-order valence-corrected chi connectivity index (χ1v) is 8.60. The first-order chi connectivity index (χ1) is 11.1. The Hall–Kier alpha value is -1.88. The Morgan fingerprint density at radius 2 is 2.26 bits per heavy atom. The number of fused-ring (bicyclic) bond motifs is 2. The number of piperidine rings is 2. The highest BCUT2D eigenvalue weighted by atomic mass is 16.2. The molecule has 0 bridgehead atoms. The summed E-state index contributed by atoms with van der Waals surface area (Å²) in [6.45, 7) is 6.17. The number of nitrogens with one attached hydrogen (secondary N) is 1. The molecule has 2 aromatic rings. The van der Waals surface area contributed by atoms with Gasteiger partial charge in [-0.15, -0.1) is 0 Å². The molecule has 1 N–H and O–H groups in total. The van der Waals surface area contributed by atoms with E-state index in [1.54, 1.807) is 0 Å². The highest BCUT2D eigenvalue weighted by Crippen LogP contribution is 2.35. The summed E-state index contributed by atoms with van der Waals surface area (Å²) in [5.41, 5.74) is 2.41. The van der Waals surface area contributed by atoms with Gasteiger partial charge in [0.1, 0.15) is 11.3 Å². The Morgan fingerprint density at radius 3 is 3.09 bits per heavy atom. The summed E-state index contributed by atoms with van der Waals surface area (Å²) in [5.74, 6) is 0.0731. The average Bonchev–Trinajstić information content (AvgIpc) is 2.99. The number of hydrogen-bond acceptors (Lipinski definition) is 3. The van der Waals surface area contributed by atoms with Crippen molar-refractivity contribution >= 4 is 11.6 Å². The quantitative estimate of drug-likeness (QED) is 0.879. The zero-order valence-corrected chi connectivity index (χ0v) is 13.9. The topological polar surface area (TPSA) is 49.6 Å². The van der Waals surface area contributed by atoms with Gasteiger partial charge in [0.05, 0.1) is 5.54 Å². The minimum atomic E-state index is -0.0849. The normalized spacial score (nSPS) is 27.9. The first-order valence-electron chi connectivity index (χ1n) is 8.60. The molecule has 4 heterocycles. The van der Waals surface area contributed by atoms with Crippen molar-refractivity contribution in [1.82, 2.24) is 19.6 Å². The van der Waals surface area contributed by atoms with Crippen LogP contribution in [0.2, 0.25) is 0 Å². The molecule has 2 aliphatic heterocycles. The lowest BCUT2D eigenvalue weighted by atomic mass is 9.77. The van der Waals surface area contributed by atoms with Crippen molar-refractivity contribution < 1.29 is 4.79 Å². The number of carbonyl (C=O) groups excluding carboxylic acids is 1. The van der Waals surface area contributed by atoms with Crippen LogP contribution >= 0.6 is 0 Å². The number of nitrogens with zero attached hydrogens (tertiary/aromatic N) is 3. The molecule has 4 rings (SSSR count). The Labute approximate surface area is 136 Å². The number of aromatic nitrogens is 2. The lowest BCUT2D eigenvalue weighted by Crippen LogP contribution is -2.66. The number of imidazole rings is 1. The molecule has 0 unspecified atom stereocenters. The minimum Gasteiger partial charge on any atom is -0.330 e. The number of likely N-dealkylation sites (tertiary alicyclic amines) is 1. The van der Waals surface area contributed by atoms with Gasteiger partial charge in [0, 0.05) is 24.5 Å². The van der Waals surface area contributed by atoms with E-state index in [9.17, 15) is 4.79 Å². The van der Waals surface area contributed by atoms with Crippen LogP contribution in [0.15, 0.2) is 24.4 Å². The standard InChI is InChI=1S/C18H24N4O/c1-13-6-3-8-16-20-14(12-21(13)16)17(23)22-11-4-7-15-18(22,2)9-5-10-19-15/h3,6,8,12,15,19H,4-5,7,9-11H2,1-2H3/t15-,18+/m1/s1. The van der Waals surface area contributed by atoms with E-state index >= 15 is 0 Å². The Kier molecular flexibility index (Phi) is 3.41. The highest BCUT2D eigenvalue weighted by molar-refractivity contribution is 5.93. The molecule has 23 heavy (non-hydrogen) atoms. The van der Waals surface area contributed by atoms with Gasteiger partial charge < -0.3 is 14.6 Å². The van der Waals surface area contributed by atoms with Crippen LogP contribution < -0.4 is 5.32 Å². The molecule has 1 amide bonds. The number of carbonyl (C=O) groups is 1. The third kappa shape index (κ3) is 2.26. The maximum atomic E-state index is 13.2. The molecule has 5 heteroatoms. The van der Waals surface area contributed by atoms with E-state index in [4.69, 9.17) is 0 Å². The van der Waals surface area contributed by atoms with Gasteiger partial charge in [-0.25, -0.2) is 4.98 Å². The molecule has 0 radical (unpaired) electrons. The van der Waals surface area contributed by atoms with Crippen LogP contribution in [-0.4, -0.2) is 44.9 Å². The fourth-order valence-electron chi connectivity index (χ4n) is 4.28. The molecule has 5 nitrogen and oxygen atoms in total. The van der Waals surface area contributed by atoms with Crippen LogP contribution in [0.5, 0.6) is 0 Å². The molecule has 0 aromatic carbocycles. The molecular weight excluding hydrogens is 288 g/mol.